The van der Waals surface area contributed by atoms with Gasteiger partial charge in [0.15, 0.2) is 0 Å². The van der Waals surface area contributed by atoms with Crippen molar-refractivity contribution in [2.24, 2.45) is 51.2 Å². The van der Waals surface area contributed by atoms with E-state index in [-0.39, 0.29) is 18.4 Å². The molecule has 9 rings (SSSR count). The van der Waals surface area contributed by atoms with Gasteiger partial charge in [0.2, 0.25) is 6.10 Å². The van der Waals surface area contributed by atoms with Crippen LogP contribution in [0.1, 0.15) is 132 Å². The fourth-order valence-electron chi connectivity index (χ4n) is 12.4. The molecule has 1 aliphatic heterocycles. The van der Waals surface area contributed by atoms with Gasteiger partial charge < -0.3 is 24.1 Å². The van der Waals surface area contributed by atoms with Crippen molar-refractivity contribution in [2.75, 3.05) is 6.61 Å². The average molecular weight is 657 g/mol. The quantitative estimate of drug-likeness (QED) is 0.233. The first-order valence-electron chi connectivity index (χ1n) is 18.3. The minimum atomic E-state index is -1.80. The van der Waals surface area contributed by atoms with Gasteiger partial charge in [-0.1, -0.05) is 0 Å². The maximum absolute atomic E-state index is 14.6. The third kappa shape index (κ3) is 5.00. The molecule has 47 heavy (non-hydrogen) atoms. The van der Waals surface area contributed by atoms with Crippen LogP contribution >= 0.6 is 0 Å². The maximum atomic E-state index is 14.6. The van der Waals surface area contributed by atoms with Gasteiger partial charge in [0, 0.05) is 18.3 Å². The second-order valence-electron chi connectivity index (χ2n) is 19.1. The third-order valence-electron chi connectivity index (χ3n) is 15.0. The summed E-state index contributed by atoms with van der Waals surface area (Å²) in [6, 6.07) is 0. The number of carbonyl (C=O) groups excluding carboxylic acids is 4. The fraction of sp³-hybridized carbons (Fsp3) is 0.895. The highest BCUT2D eigenvalue weighted by atomic mass is 16.6. The van der Waals surface area contributed by atoms with Crippen LogP contribution < -0.4 is 0 Å². The van der Waals surface area contributed by atoms with Crippen LogP contribution in [0.15, 0.2) is 0 Å². The molecule has 0 spiro atoms. The Kier molecular flexibility index (Phi) is 7.40. The van der Waals surface area contributed by atoms with Crippen molar-refractivity contribution in [1.29, 1.82) is 0 Å². The van der Waals surface area contributed by atoms with Crippen molar-refractivity contribution < 1.29 is 43.2 Å². The smallest absolute Gasteiger partial charge is 0.347 e. The molecule has 8 saturated carbocycles. The molecular formula is C38H56O9. The number of esters is 4. The van der Waals surface area contributed by atoms with Gasteiger partial charge in [0.25, 0.3) is 0 Å². The Morgan fingerprint density at radius 2 is 1.23 bits per heavy atom. The van der Waals surface area contributed by atoms with Crippen molar-refractivity contribution in [3.63, 3.8) is 0 Å². The van der Waals surface area contributed by atoms with Gasteiger partial charge in [0.1, 0.15) is 11.2 Å². The van der Waals surface area contributed by atoms with Crippen molar-refractivity contribution >= 4 is 23.9 Å². The molecular weight excluding hydrogens is 600 g/mol. The molecule has 8 bridgehead atoms. The number of hydrogen-bond donors (Lipinski definition) is 1. The Morgan fingerprint density at radius 3 is 1.72 bits per heavy atom. The van der Waals surface area contributed by atoms with Crippen LogP contribution in [-0.2, 0) is 38.1 Å². The van der Waals surface area contributed by atoms with Gasteiger partial charge in [-0.3, -0.25) is 14.4 Å². The molecule has 1 saturated heterocycles. The second kappa shape index (κ2) is 10.4. The highest BCUT2D eigenvalue weighted by molar-refractivity contribution is 5.95. The molecule has 9 fully saturated rings. The predicted octanol–water partition coefficient (Wildman–Crippen LogP) is 6.07. The molecule has 1 N–H and O–H groups in total. The molecule has 4 unspecified atom stereocenters. The first-order chi connectivity index (χ1) is 21.7. The standard InChI is InChI=1S/C38H56O9/c1-32(2,29(40)46-34(5,6)36-14-22-10-23(15-36)12-24(11-22)16-36)35(7,31(42)45-27-8-9-44-28(27)39)33(3,4)30(41)47-38-19-25-13-26(20-38)18-37(43,17-25)21-38/h22-27,43H,8-21H2,1-7H3. The molecule has 0 radical (unpaired) electrons. The Bertz CT molecular complexity index is 1310. The molecule has 4 atom stereocenters. The Morgan fingerprint density at radius 1 is 0.723 bits per heavy atom. The zero-order valence-electron chi connectivity index (χ0n) is 29.6. The van der Waals surface area contributed by atoms with E-state index in [0.717, 1.165) is 38.5 Å². The largest absolute Gasteiger partial charge is 0.463 e. The summed E-state index contributed by atoms with van der Waals surface area (Å²) in [6.07, 6.45) is 10.3. The summed E-state index contributed by atoms with van der Waals surface area (Å²) in [5.74, 6) is -0.0807. The fourth-order valence-corrected chi connectivity index (χ4v) is 12.4. The van der Waals surface area contributed by atoms with E-state index in [4.69, 9.17) is 18.9 Å². The van der Waals surface area contributed by atoms with Gasteiger partial charge in [0.05, 0.1) is 28.5 Å². The molecule has 9 aliphatic rings. The van der Waals surface area contributed by atoms with Crippen molar-refractivity contribution in [3.8, 4) is 0 Å². The lowest BCUT2D eigenvalue weighted by atomic mass is 9.45. The molecule has 0 aromatic heterocycles. The first kappa shape index (κ1) is 33.3. The van der Waals surface area contributed by atoms with E-state index < -0.39 is 63.0 Å². The number of ether oxygens (including phenoxy) is 4. The van der Waals surface area contributed by atoms with Crippen LogP contribution in [0.4, 0.5) is 0 Å². The molecule has 0 aromatic carbocycles. The SMILES string of the molecule is CC(C)(OC(=O)C(C)(C)C(C)(C(=O)OC1CCOC1=O)C(C)(C)C(=O)OC12CC3CC(CC(O)(C3)C1)C2)C12CC3CC(CC(C3)C1)C2. The summed E-state index contributed by atoms with van der Waals surface area (Å²) >= 11 is 0. The summed E-state index contributed by atoms with van der Waals surface area (Å²) < 4.78 is 23.9. The van der Waals surface area contributed by atoms with Crippen LogP contribution in [0.2, 0.25) is 0 Å². The monoisotopic (exact) mass is 656 g/mol. The maximum Gasteiger partial charge on any atom is 0.347 e. The normalized spacial score (nSPS) is 41.7. The average Bonchev–Trinajstić information content (AvgIpc) is 3.33. The molecule has 262 valence electrons. The first-order valence-corrected chi connectivity index (χ1v) is 18.3. The van der Waals surface area contributed by atoms with E-state index in [9.17, 15) is 24.3 Å². The Balaban J connectivity index is 1.19. The summed E-state index contributed by atoms with van der Waals surface area (Å²) in [5, 5.41) is 11.3. The Labute approximate surface area is 279 Å². The van der Waals surface area contributed by atoms with E-state index in [1.54, 1.807) is 34.6 Å². The van der Waals surface area contributed by atoms with Crippen molar-refractivity contribution in [1.82, 2.24) is 0 Å². The van der Waals surface area contributed by atoms with E-state index in [1.165, 1.54) is 19.3 Å². The van der Waals surface area contributed by atoms with Crippen molar-refractivity contribution in [2.45, 2.75) is 155 Å². The zero-order valence-corrected chi connectivity index (χ0v) is 29.6. The van der Waals surface area contributed by atoms with Crippen molar-refractivity contribution in [3.05, 3.63) is 0 Å². The summed E-state index contributed by atoms with van der Waals surface area (Å²) in [6.45, 7) is 12.4. The minimum absolute atomic E-state index is 0.120. The van der Waals surface area contributed by atoms with Gasteiger partial charge >= 0.3 is 23.9 Å². The van der Waals surface area contributed by atoms with Crippen LogP contribution in [0.3, 0.4) is 0 Å². The number of aliphatic hydroxyl groups is 1. The lowest BCUT2D eigenvalue weighted by Gasteiger charge is -2.62. The highest BCUT2D eigenvalue weighted by Crippen LogP contribution is 2.65. The molecule has 8 aliphatic carbocycles. The number of rotatable bonds is 9. The van der Waals surface area contributed by atoms with Gasteiger partial charge in [-0.25, -0.2) is 4.79 Å². The molecule has 0 amide bonds. The summed E-state index contributed by atoms with van der Waals surface area (Å²) in [4.78, 5) is 56.1. The molecule has 9 heteroatoms. The lowest BCUT2D eigenvalue weighted by Crippen LogP contribution is -2.64. The van der Waals surface area contributed by atoms with E-state index in [0.29, 0.717) is 48.9 Å². The second-order valence-corrected chi connectivity index (χ2v) is 19.1. The van der Waals surface area contributed by atoms with Crippen LogP contribution in [-0.4, -0.2) is 58.5 Å². The van der Waals surface area contributed by atoms with E-state index in [2.05, 4.69) is 0 Å². The number of cyclic esters (lactones) is 1. The Hall–Kier alpha value is -2.16. The zero-order chi connectivity index (χ0) is 34.0. The summed E-state index contributed by atoms with van der Waals surface area (Å²) in [7, 11) is 0. The number of hydrogen-bond acceptors (Lipinski definition) is 9. The minimum Gasteiger partial charge on any atom is -0.463 e. The third-order valence-corrected chi connectivity index (χ3v) is 15.0. The topological polar surface area (TPSA) is 125 Å². The number of carbonyl (C=O) groups is 4. The molecule has 0 aromatic rings. The van der Waals surface area contributed by atoms with E-state index >= 15 is 0 Å². The van der Waals surface area contributed by atoms with Gasteiger partial charge in [-0.2, -0.15) is 0 Å². The molecule has 1 heterocycles. The van der Waals surface area contributed by atoms with Crippen LogP contribution in [0, 0.1) is 51.2 Å². The molecule has 9 nitrogen and oxygen atoms in total. The summed E-state index contributed by atoms with van der Waals surface area (Å²) in [5.41, 5.74) is -7.49. The van der Waals surface area contributed by atoms with Gasteiger partial charge in [-0.15, -0.1) is 0 Å². The lowest BCUT2D eigenvalue weighted by molar-refractivity contribution is -0.237. The van der Waals surface area contributed by atoms with Gasteiger partial charge in [-0.05, 0) is 149 Å². The predicted molar refractivity (Wildman–Crippen MR) is 170 cm³/mol. The van der Waals surface area contributed by atoms with E-state index in [1.807, 2.05) is 13.8 Å². The van der Waals surface area contributed by atoms with Crippen LogP contribution in [0.25, 0.3) is 0 Å². The highest BCUT2D eigenvalue weighted by Gasteiger charge is 2.69. The van der Waals surface area contributed by atoms with Crippen LogP contribution in [0.5, 0.6) is 0 Å².